The maximum Gasteiger partial charge on any atom is 0.123 e. The van der Waals surface area contributed by atoms with Crippen molar-refractivity contribution in [1.82, 2.24) is 0 Å². The van der Waals surface area contributed by atoms with E-state index >= 15 is 0 Å². The first-order valence-electron chi connectivity index (χ1n) is 5.17. The molecule has 0 saturated heterocycles. The highest BCUT2D eigenvalue weighted by atomic mass is 32.2. The minimum Gasteiger partial charge on any atom is -0.388 e. The van der Waals surface area contributed by atoms with Crippen LogP contribution in [0.1, 0.15) is 30.6 Å². The van der Waals surface area contributed by atoms with Crippen LogP contribution in [-0.2, 0) is 0 Å². The summed E-state index contributed by atoms with van der Waals surface area (Å²) in [4.78, 5) is 0. The maximum atomic E-state index is 13.0. The molecule has 0 amide bonds. The monoisotopic (exact) mass is 228 g/mol. The summed E-state index contributed by atoms with van der Waals surface area (Å²) in [5.41, 5.74) is 1.66. The van der Waals surface area contributed by atoms with Crippen LogP contribution in [0.3, 0.4) is 0 Å². The van der Waals surface area contributed by atoms with Gasteiger partial charge in [0.25, 0.3) is 0 Å². The van der Waals surface area contributed by atoms with Gasteiger partial charge >= 0.3 is 0 Å². The zero-order valence-corrected chi connectivity index (χ0v) is 9.98. The number of aliphatic hydroxyl groups excluding tert-OH is 1. The minimum absolute atomic E-state index is 0.280. The molecule has 0 aliphatic heterocycles. The second kappa shape index (κ2) is 6.13. The average molecular weight is 228 g/mol. The van der Waals surface area contributed by atoms with Crippen molar-refractivity contribution in [3.8, 4) is 0 Å². The normalized spacial score (nSPS) is 12.8. The Bertz CT molecular complexity index is 314. The summed E-state index contributed by atoms with van der Waals surface area (Å²) < 4.78 is 13.0. The molecule has 0 bridgehead atoms. The molecule has 1 aromatic rings. The van der Waals surface area contributed by atoms with E-state index in [4.69, 9.17) is 0 Å². The first-order valence-corrected chi connectivity index (χ1v) is 6.32. The van der Waals surface area contributed by atoms with E-state index in [-0.39, 0.29) is 5.82 Å². The van der Waals surface area contributed by atoms with E-state index in [1.165, 1.54) is 12.1 Å². The number of hydrogen-bond acceptors (Lipinski definition) is 2. The summed E-state index contributed by atoms with van der Waals surface area (Å²) in [6.07, 6.45) is 0.141. The molecule has 1 nitrogen and oxygen atoms in total. The lowest BCUT2D eigenvalue weighted by Crippen LogP contribution is -2.02. The number of halogens is 1. The molecule has 0 aliphatic carbocycles. The molecule has 1 unspecified atom stereocenters. The van der Waals surface area contributed by atoms with Gasteiger partial charge < -0.3 is 5.11 Å². The molecule has 0 aromatic heterocycles. The third-order valence-corrected chi connectivity index (χ3v) is 3.27. The Hall–Kier alpha value is -0.540. The molecule has 1 rings (SSSR count). The van der Waals surface area contributed by atoms with Gasteiger partial charge in [0.2, 0.25) is 0 Å². The Morgan fingerprint density at radius 3 is 2.87 bits per heavy atom. The molecular weight excluding hydrogens is 211 g/mol. The van der Waals surface area contributed by atoms with Crippen LogP contribution in [0.4, 0.5) is 4.39 Å². The Morgan fingerprint density at radius 2 is 2.20 bits per heavy atom. The van der Waals surface area contributed by atoms with Crippen molar-refractivity contribution in [1.29, 1.82) is 0 Å². The van der Waals surface area contributed by atoms with Gasteiger partial charge in [0.1, 0.15) is 5.82 Å². The summed E-state index contributed by atoms with van der Waals surface area (Å²) in [6, 6.07) is 4.56. The summed E-state index contributed by atoms with van der Waals surface area (Å²) in [6.45, 7) is 3.98. The highest BCUT2D eigenvalue weighted by molar-refractivity contribution is 7.99. The molecule has 0 fully saturated rings. The van der Waals surface area contributed by atoms with Gasteiger partial charge in [-0.3, -0.25) is 0 Å². The van der Waals surface area contributed by atoms with Crippen molar-refractivity contribution in [2.24, 2.45) is 0 Å². The quantitative estimate of drug-likeness (QED) is 0.780. The minimum atomic E-state index is -0.542. The molecule has 1 atom stereocenters. The van der Waals surface area contributed by atoms with Crippen molar-refractivity contribution in [3.63, 3.8) is 0 Å². The van der Waals surface area contributed by atoms with Crippen molar-refractivity contribution < 1.29 is 9.50 Å². The van der Waals surface area contributed by atoms with E-state index in [9.17, 15) is 9.50 Å². The van der Waals surface area contributed by atoms with Gasteiger partial charge in [0.05, 0.1) is 6.10 Å². The van der Waals surface area contributed by atoms with Crippen molar-refractivity contribution >= 4 is 11.8 Å². The van der Waals surface area contributed by atoms with Crippen LogP contribution in [0.5, 0.6) is 0 Å². The lowest BCUT2D eigenvalue weighted by atomic mass is 10.0. The van der Waals surface area contributed by atoms with Gasteiger partial charge in [-0.15, -0.1) is 0 Å². The van der Waals surface area contributed by atoms with Crippen molar-refractivity contribution in [2.45, 2.75) is 26.4 Å². The molecule has 0 saturated carbocycles. The standard InChI is InChI=1S/C12H17FOS/c1-3-15-7-6-12(14)11-8-10(13)5-4-9(11)2/h4-5,8,12,14H,3,6-7H2,1-2H3. The lowest BCUT2D eigenvalue weighted by Gasteiger charge is -2.13. The molecule has 0 spiro atoms. The summed E-state index contributed by atoms with van der Waals surface area (Å²) in [5.74, 6) is 1.68. The predicted molar refractivity (Wildman–Crippen MR) is 63.7 cm³/mol. The fourth-order valence-corrected chi connectivity index (χ4v) is 2.14. The molecule has 1 N–H and O–H groups in total. The van der Waals surface area contributed by atoms with Gasteiger partial charge in [0.15, 0.2) is 0 Å². The molecule has 0 heterocycles. The third-order valence-electron chi connectivity index (χ3n) is 2.34. The third kappa shape index (κ3) is 3.84. The zero-order valence-electron chi connectivity index (χ0n) is 9.16. The average Bonchev–Trinajstić information content (AvgIpc) is 2.22. The van der Waals surface area contributed by atoms with Crippen LogP contribution in [0.25, 0.3) is 0 Å². The predicted octanol–water partition coefficient (Wildman–Crippen LogP) is 3.31. The Kier molecular flexibility index (Phi) is 5.12. The van der Waals surface area contributed by atoms with E-state index in [1.54, 1.807) is 17.8 Å². The Balaban J connectivity index is 2.64. The van der Waals surface area contributed by atoms with E-state index in [2.05, 4.69) is 6.92 Å². The number of thioether (sulfide) groups is 1. The summed E-state index contributed by atoms with van der Waals surface area (Å²) >= 11 is 1.79. The van der Waals surface area contributed by atoms with Gasteiger partial charge in [-0.2, -0.15) is 11.8 Å². The molecule has 84 valence electrons. The lowest BCUT2D eigenvalue weighted by molar-refractivity contribution is 0.174. The Labute approximate surface area is 94.7 Å². The number of rotatable bonds is 5. The van der Waals surface area contributed by atoms with Crippen LogP contribution in [0, 0.1) is 12.7 Å². The SMILES string of the molecule is CCSCCC(O)c1cc(F)ccc1C. The first kappa shape index (κ1) is 12.5. The van der Waals surface area contributed by atoms with Crippen LogP contribution in [0.15, 0.2) is 18.2 Å². The largest absolute Gasteiger partial charge is 0.388 e. The van der Waals surface area contributed by atoms with E-state index in [0.717, 1.165) is 17.1 Å². The summed E-state index contributed by atoms with van der Waals surface area (Å²) in [7, 11) is 0. The van der Waals surface area contributed by atoms with E-state index in [0.29, 0.717) is 12.0 Å². The molecule has 0 aliphatic rings. The molecule has 1 aromatic carbocycles. The van der Waals surface area contributed by atoms with Crippen molar-refractivity contribution in [2.75, 3.05) is 11.5 Å². The second-order valence-electron chi connectivity index (χ2n) is 3.50. The topological polar surface area (TPSA) is 20.2 Å². The molecule has 15 heavy (non-hydrogen) atoms. The number of aliphatic hydroxyl groups is 1. The van der Waals surface area contributed by atoms with Crippen molar-refractivity contribution in [3.05, 3.63) is 35.1 Å². The van der Waals surface area contributed by atoms with E-state index in [1.807, 2.05) is 6.92 Å². The molecule has 0 radical (unpaired) electrons. The second-order valence-corrected chi connectivity index (χ2v) is 4.90. The van der Waals surface area contributed by atoms with Crippen LogP contribution >= 0.6 is 11.8 Å². The smallest absolute Gasteiger partial charge is 0.123 e. The van der Waals surface area contributed by atoms with Crippen LogP contribution < -0.4 is 0 Å². The number of benzene rings is 1. The number of aryl methyl sites for hydroxylation is 1. The fourth-order valence-electron chi connectivity index (χ4n) is 1.47. The fraction of sp³-hybridized carbons (Fsp3) is 0.500. The van der Waals surface area contributed by atoms with Gasteiger partial charge in [-0.1, -0.05) is 13.0 Å². The Morgan fingerprint density at radius 1 is 1.47 bits per heavy atom. The van der Waals surface area contributed by atoms with Gasteiger partial charge in [-0.05, 0) is 48.1 Å². The zero-order chi connectivity index (χ0) is 11.3. The van der Waals surface area contributed by atoms with Crippen LogP contribution in [-0.4, -0.2) is 16.6 Å². The molecule has 3 heteroatoms. The first-order chi connectivity index (χ1) is 7.15. The maximum absolute atomic E-state index is 13.0. The highest BCUT2D eigenvalue weighted by Crippen LogP contribution is 2.23. The van der Waals surface area contributed by atoms with Gasteiger partial charge in [-0.25, -0.2) is 4.39 Å². The summed E-state index contributed by atoms with van der Waals surface area (Å²) in [5, 5.41) is 9.87. The number of hydrogen-bond donors (Lipinski definition) is 1. The highest BCUT2D eigenvalue weighted by Gasteiger charge is 2.10. The van der Waals surface area contributed by atoms with Gasteiger partial charge in [0, 0.05) is 0 Å². The van der Waals surface area contributed by atoms with Crippen LogP contribution in [0.2, 0.25) is 0 Å². The molecular formula is C12H17FOS. The van der Waals surface area contributed by atoms with E-state index < -0.39 is 6.10 Å².